The van der Waals surface area contributed by atoms with Gasteiger partial charge in [0.15, 0.2) is 11.5 Å². The van der Waals surface area contributed by atoms with Gasteiger partial charge in [-0.3, -0.25) is 9.69 Å². The Bertz CT molecular complexity index is 1050. The fourth-order valence-corrected chi connectivity index (χ4v) is 3.60. The lowest BCUT2D eigenvalue weighted by molar-refractivity contribution is 0.0975. The van der Waals surface area contributed by atoms with Crippen molar-refractivity contribution in [3.63, 3.8) is 0 Å². The van der Waals surface area contributed by atoms with E-state index in [1.807, 2.05) is 55.5 Å². The predicted octanol–water partition coefficient (Wildman–Crippen LogP) is 4.49. The summed E-state index contributed by atoms with van der Waals surface area (Å²) in [5.74, 6) is 0.359. The van der Waals surface area contributed by atoms with Gasteiger partial charge in [0, 0.05) is 16.9 Å². The summed E-state index contributed by atoms with van der Waals surface area (Å²) in [5, 5.41) is 13.7. The number of nitrogens with zero attached hydrogens (tertiary/aromatic N) is 1. The van der Waals surface area contributed by atoms with Gasteiger partial charge in [-0.05, 0) is 48.9 Å². The number of hydrogen-bond acceptors (Lipinski definition) is 5. The van der Waals surface area contributed by atoms with Crippen molar-refractivity contribution < 1.29 is 19.4 Å². The van der Waals surface area contributed by atoms with Crippen LogP contribution in [0.1, 0.15) is 27.7 Å². The van der Waals surface area contributed by atoms with Gasteiger partial charge in [-0.1, -0.05) is 24.3 Å². The molecule has 0 spiro atoms. The van der Waals surface area contributed by atoms with Gasteiger partial charge >= 0.3 is 0 Å². The zero-order valence-electron chi connectivity index (χ0n) is 16.5. The summed E-state index contributed by atoms with van der Waals surface area (Å²) in [6.45, 7) is 1.99. The number of methoxy groups -OCH3 is 2. The number of rotatable bonds is 4. The molecule has 0 aromatic heterocycles. The van der Waals surface area contributed by atoms with E-state index in [2.05, 4.69) is 5.32 Å². The summed E-state index contributed by atoms with van der Waals surface area (Å²) in [6, 6.07) is 18.6. The molecule has 0 saturated carbocycles. The number of carbonyl (C=O) groups excluding carboxylic acids is 1. The Balaban J connectivity index is 1.91. The molecule has 0 radical (unpaired) electrons. The number of ether oxygens (including phenoxy) is 2. The second-order valence-electron chi connectivity index (χ2n) is 6.88. The Morgan fingerprint density at radius 3 is 2.31 bits per heavy atom. The van der Waals surface area contributed by atoms with Crippen LogP contribution in [0.2, 0.25) is 0 Å². The maximum absolute atomic E-state index is 13.5. The highest BCUT2D eigenvalue weighted by atomic mass is 16.5. The van der Waals surface area contributed by atoms with Crippen LogP contribution in [-0.4, -0.2) is 25.2 Å². The van der Waals surface area contributed by atoms with E-state index < -0.39 is 6.17 Å². The molecule has 3 aromatic carbocycles. The van der Waals surface area contributed by atoms with Gasteiger partial charge in [0.2, 0.25) is 5.75 Å². The molecule has 29 heavy (non-hydrogen) atoms. The third kappa shape index (κ3) is 3.23. The van der Waals surface area contributed by atoms with Gasteiger partial charge in [0.05, 0.1) is 19.8 Å². The number of phenols is 1. The number of hydrogen-bond donors (Lipinski definition) is 2. The lowest BCUT2D eigenvalue weighted by Gasteiger charge is -2.38. The standard InChI is InChI=1S/C23H22N2O4/c1-14-7-6-8-16(11-14)25-22(24-18-10-5-4-9-17(18)23(25)27)15-12-19(28-2)21(26)20(13-15)29-3/h4-13,22,24,26H,1-3H3/t22-/m1/s1. The molecule has 148 valence electrons. The van der Waals surface area contributed by atoms with E-state index in [1.165, 1.54) is 14.2 Å². The molecule has 6 nitrogen and oxygen atoms in total. The van der Waals surface area contributed by atoms with Gasteiger partial charge in [-0.15, -0.1) is 0 Å². The van der Waals surface area contributed by atoms with Crippen molar-refractivity contribution in [3.8, 4) is 17.2 Å². The number of aromatic hydroxyl groups is 1. The number of aryl methyl sites for hydroxylation is 1. The number of nitrogens with one attached hydrogen (secondary N) is 1. The Labute approximate surface area is 169 Å². The summed E-state index contributed by atoms with van der Waals surface area (Å²) in [6.07, 6.45) is -0.511. The molecule has 3 aromatic rings. The number of carbonyl (C=O) groups is 1. The van der Waals surface area contributed by atoms with Crippen LogP contribution in [0.3, 0.4) is 0 Å². The van der Waals surface area contributed by atoms with E-state index in [0.717, 1.165) is 22.5 Å². The summed E-state index contributed by atoms with van der Waals surface area (Å²) < 4.78 is 10.6. The van der Waals surface area contributed by atoms with Crippen molar-refractivity contribution in [2.24, 2.45) is 0 Å². The average molecular weight is 390 g/mol. The number of anilines is 2. The third-order valence-electron chi connectivity index (χ3n) is 5.02. The normalized spacial score (nSPS) is 15.5. The summed E-state index contributed by atoms with van der Waals surface area (Å²) in [5.41, 5.74) is 3.89. The highest BCUT2D eigenvalue weighted by molar-refractivity contribution is 6.12. The maximum Gasteiger partial charge on any atom is 0.262 e. The first-order valence-electron chi connectivity index (χ1n) is 9.24. The van der Waals surface area contributed by atoms with Crippen molar-refractivity contribution >= 4 is 17.3 Å². The van der Waals surface area contributed by atoms with Crippen LogP contribution in [0, 0.1) is 6.92 Å². The molecule has 1 atom stereocenters. The lowest BCUT2D eigenvalue weighted by Crippen LogP contribution is -2.43. The Kier molecular flexibility index (Phi) is 4.76. The first-order valence-corrected chi connectivity index (χ1v) is 9.24. The van der Waals surface area contributed by atoms with Crippen molar-refractivity contribution in [1.29, 1.82) is 0 Å². The molecule has 0 fully saturated rings. The lowest BCUT2D eigenvalue weighted by atomic mass is 10.0. The number of para-hydroxylation sites is 1. The summed E-state index contributed by atoms with van der Waals surface area (Å²) >= 11 is 0. The fraction of sp³-hybridized carbons (Fsp3) is 0.174. The molecule has 1 amide bonds. The van der Waals surface area contributed by atoms with E-state index in [1.54, 1.807) is 17.0 Å². The van der Waals surface area contributed by atoms with Gasteiger partial charge in [-0.25, -0.2) is 0 Å². The summed E-state index contributed by atoms with van der Waals surface area (Å²) in [4.78, 5) is 15.2. The number of amides is 1. The number of benzene rings is 3. The number of fused-ring (bicyclic) bond motifs is 1. The summed E-state index contributed by atoms with van der Waals surface area (Å²) in [7, 11) is 2.96. The third-order valence-corrected chi connectivity index (χ3v) is 5.02. The Hall–Kier alpha value is -3.67. The molecule has 0 bridgehead atoms. The van der Waals surface area contributed by atoms with Gasteiger partial charge in [0.25, 0.3) is 5.91 Å². The minimum Gasteiger partial charge on any atom is -0.502 e. The zero-order valence-corrected chi connectivity index (χ0v) is 16.5. The quantitative estimate of drug-likeness (QED) is 0.687. The molecule has 4 rings (SSSR count). The fourth-order valence-electron chi connectivity index (χ4n) is 3.60. The smallest absolute Gasteiger partial charge is 0.262 e. The second-order valence-corrected chi connectivity index (χ2v) is 6.88. The zero-order chi connectivity index (χ0) is 20.5. The molecule has 1 aliphatic rings. The average Bonchev–Trinajstić information content (AvgIpc) is 2.74. The van der Waals surface area contributed by atoms with Crippen LogP contribution in [0.5, 0.6) is 17.2 Å². The SMILES string of the molecule is COc1cc([C@@H]2Nc3ccccc3C(=O)N2c2cccc(C)c2)cc(OC)c1O. The Morgan fingerprint density at radius 1 is 0.966 bits per heavy atom. The molecule has 0 unspecified atom stereocenters. The van der Waals surface area contributed by atoms with E-state index in [0.29, 0.717) is 5.56 Å². The molecule has 1 heterocycles. The van der Waals surface area contributed by atoms with Crippen LogP contribution in [-0.2, 0) is 0 Å². The topological polar surface area (TPSA) is 71.0 Å². The van der Waals surface area contributed by atoms with E-state index in [4.69, 9.17) is 9.47 Å². The van der Waals surface area contributed by atoms with Crippen LogP contribution >= 0.6 is 0 Å². The van der Waals surface area contributed by atoms with Gasteiger partial charge in [-0.2, -0.15) is 0 Å². The first kappa shape index (κ1) is 18.7. The predicted molar refractivity (Wildman–Crippen MR) is 112 cm³/mol. The van der Waals surface area contributed by atoms with Crippen molar-refractivity contribution in [3.05, 3.63) is 77.4 Å². The molecule has 1 aliphatic heterocycles. The van der Waals surface area contributed by atoms with Gasteiger partial charge < -0.3 is 19.9 Å². The molecular weight excluding hydrogens is 368 g/mol. The molecular formula is C23H22N2O4. The van der Waals surface area contributed by atoms with Crippen molar-refractivity contribution in [2.45, 2.75) is 13.1 Å². The van der Waals surface area contributed by atoms with Crippen molar-refractivity contribution in [2.75, 3.05) is 24.4 Å². The van der Waals surface area contributed by atoms with E-state index in [9.17, 15) is 9.90 Å². The second kappa shape index (κ2) is 7.39. The van der Waals surface area contributed by atoms with E-state index in [-0.39, 0.29) is 23.2 Å². The largest absolute Gasteiger partial charge is 0.502 e. The molecule has 2 N–H and O–H groups in total. The van der Waals surface area contributed by atoms with Crippen LogP contribution in [0.25, 0.3) is 0 Å². The van der Waals surface area contributed by atoms with Crippen LogP contribution < -0.4 is 19.7 Å². The highest BCUT2D eigenvalue weighted by Gasteiger charge is 2.35. The van der Waals surface area contributed by atoms with Crippen molar-refractivity contribution in [1.82, 2.24) is 0 Å². The van der Waals surface area contributed by atoms with Gasteiger partial charge in [0.1, 0.15) is 6.17 Å². The monoisotopic (exact) mass is 390 g/mol. The van der Waals surface area contributed by atoms with Crippen LogP contribution in [0.15, 0.2) is 60.7 Å². The van der Waals surface area contributed by atoms with E-state index >= 15 is 0 Å². The number of phenolic OH excluding ortho intramolecular Hbond substituents is 1. The Morgan fingerprint density at radius 2 is 1.66 bits per heavy atom. The first-order chi connectivity index (χ1) is 14.0. The highest BCUT2D eigenvalue weighted by Crippen LogP contribution is 2.43. The minimum atomic E-state index is -0.511. The maximum atomic E-state index is 13.5. The molecule has 0 aliphatic carbocycles. The van der Waals surface area contributed by atoms with Crippen LogP contribution in [0.4, 0.5) is 11.4 Å². The minimum absolute atomic E-state index is 0.0802. The molecule has 6 heteroatoms. The molecule has 0 saturated heterocycles.